The number of benzene rings is 2. The van der Waals surface area contributed by atoms with Gasteiger partial charge in [0.25, 0.3) is 0 Å². The van der Waals surface area contributed by atoms with E-state index in [1.165, 1.54) is 0 Å². The van der Waals surface area contributed by atoms with Gasteiger partial charge in [0.05, 0.1) is 24.2 Å². The third-order valence-electron chi connectivity index (χ3n) is 6.28. The second-order valence-corrected chi connectivity index (χ2v) is 8.48. The van der Waals surface area contributed by atoms with E-state index < -0.39 is 0 Å². The van der Waals surface area contributed by atoms with Crippen LogP contribution in [0.2, 0.25) is 0 Å². The second-order valence-electron chi connectivity index (χ2n) is 8.48. The number of rotatable bonds is 8. The Labute approximate surface area is 195 Å². The number of likely N-dealkylation sites (N-methyl/N-ethyl adjacent to an activating group) is 1. The minimum absolute atomic E-state index is 0.00338. The van der Waals surface area contributed by atoms with Crippen molar-refractivity contribution in [1.29, 1.82) is 0 Å². The van der Waals surface area contributed by atoms with Crippen LogP contribution >= 0.6 is 0 Å². The summed E-state index contributed by atoms with van der Waals surface area (Å²) >= 11 is 0. The average Bonchev–Trinajstić information content (AvgIpc) is 3.36. The molecular formula is C26H32N4O3. The van der Waals surface area contributed by atoms with Crippen molar-refractivity contribution >= 4 is 22.5 Å². The lowest BCUT2D eigenvalue weighted by atomic mass is 10.1. The number of hydrogen-bond donors (Lipinski definition) is 2. The van der Waals surface area contributed by atoms with Gasteiger partial charge >= 0.3 is 0 Å². The van der Waals surface area contributed by atoms with Gasteiger partial charge in [-0.2, -0.15) is 0 Å². The van der Waals surface area contributed by atoms with E-state index in [2.05, 4.69) is 28.5 Å². The van der Waals surface area contributed by atoms with Gasteiger partial charge in [0.2, 0.25) is 5.91 Å². The number of carbonyl (C=O) groups excluding carboxylic acids is 1. The maximum atomic E-state index is 12.2. The summed E-state index contributed by atoms with van der Waals surface area (Å²) in [5.41, 5.74) is 3.85. The topological polar surface area (TPSA) is 75.7 Å². The highest BCUT2D eigenvalue weighted by molar-refractivity contribution is 5.95. The van der Waals surface area contributed by atoms with Crippen LogP contribution in [0.15, 0.2) is 48.5 Å². The number of nitrogens with zero attached hydrogens (tertiary/aromatic N) is 2. The molecule has 2 heterocycles. The number of amides is 1. The standard InChI is InChI=1S/C26H32N4O3/c1-17(27-2)16-33-20-7-5-18(6-8-20)23-14-25(30-12-11-19(15-30)26(31)28-3)22-10-9-21(32-4)13-24(22)29-23/h5-10,13-14,17,19,27H,11-12,15-16H2,1-4H3,(H,28,31). The molecule has 7 heteroatoms. The molecule has 0 bridgehead atoms. The smallest absolute Gasteiger partial charge is 0.224 e. The Balaban J connectivity index is 1.68. The minimum atomic E-state index is -0.00338. The van der Waals surface area contributed by atoms with Gasteiger partial charge in [0.1, 0.15) is 18.1 Å². The molecule has 1 aliphatic heterocycles. The zero-order valence-electron chi connectivity index (χ0n) is 19.7. The Morgan fingerprint density at radius 2 is 1.91 bits per heavy atom. The number of pyridine rings is 1. The molecule has 2 unspecified atom stereocenters. The largest absolute Gasteiger partial charge is 0.497 e. The maximum Gasteiger partial charge on any atom is 0.224 e. The first-order chi connectivity index (χ1) is 16.0. The van der Waals surface area contributed by atoms with Crippen molar-refractivity contribution < 1.29 is 14.3 Å². The van der Waals surface area contributed by atoms with Crippen molar-refractivity contribution in [3.63, 3.8) is 0 Å². The predicted molar refractivity (Wildman–Crippen MR) is 132 cm³/mol. The third-order valence-corrected chi connectivity index (χ3v) is 6.28. The van der Waals surface area contributed by atoms with Crippen molar-refractivity contribution in [3.8, 4) is 22.8 Å². The van der Waals surface area contributed by atoms with Crippen molar-refractivity contribution in [3.05, 3.63) is 48.5 Å². The monoisotopic (exact) mass is 448 g/mol. The second kappa shape index (κ2) is 10.1. The number of aromatic nitrogens is 1. The van der Waals surface area contributed by atoms with Crippen LogP contribution in [0.1, 0.15) is 13.3 Å². The summed E-state index contributed by atoms with van der Waals surface area (Å²) in [4.78, 5) is 19.4. The van der Waals surface area contributed by atoms with Crippen LogP contribution in [0.3, 0.4) is 0 Å². The highest BCUT2D eigenvalue weighted by Crippen LogP contribution is 2.35. The quantitative estimate of drug-likeness (QED) is 0.550. The van der Waals surface area contributed by atoms with E-state index in [1.807, 2.05) is 49.5 Å². The first-order valence-electron chi connectivity index (χ1n) is 11.4. The van der Waals surface area contributed by atoms with Gasteiger partial charge in [-0.25, -0.2) is 4.98 Å². The molecule has 0 saturated carbocycles. The fourth-order valence-corrected chi connectivity index (χ4v) is 4.15. The van der Waals surface area contributed by atoms with E-state index in [4.69, 9.17) is 14.5 Å². The lowest BCUT2D eigenvalue weighted by molar-refractivity contribution is -0.123. The van der Waals surface area contributed by atoms with E-state index in [0.717, 1.165) is 52.3 Å². The summed E-state index contributed by atoms with van der Waals surface area (Å²) in [6.07, 6.45) is 0.839. The summed E-state index contributed by atoms with van der Waals surface area (Å²) in [6.45, 7) is 4.21. The molecule has 0 aliphatic carbocycles. The van der Waals surface area contributed by atoms with Crippen molar-refractivity contribution in [2.24, 2.45) is 5.92 Å². The van der Waals surface area contributed by atoms with E-state index in [-0.39, 0.29) is 17.9 Å². The van der Waals surface area contributed by atoms with Gasteiger partial charge in [-0.3, -0.25) is 4.79 Å². The van der Waals surface area contributed by atoms with Gasteiger partial charge in [0, 0.05) is 48.9 Å². The molecule has 1 aromatic heterocycles. The van der Waals surface area contributed by atoms with Gasteiger partial charge in [-0.1, -0.05) is 0 Å². The SMILES string of the molecule is CNC(=O)C1CCN(c2cc(-c3ccc(OCC(C)NC)cc3)nc3cc(OC)ccc23)C1. The highest BCUT2D eigenvalue weighted by Gasteiger charge is 2.29. The molecule has 1 amide bonds. The summed E-state index contributed by atoms with van der Waals surface area (Å²) < 4.78 is 11.3. The Morgan fingerprint density at radius 1 is 1.15 bits per heavy atom. The van der Waals surface area contributed by atoms with Crippen LogP contribution in [-0.2, 0) is 4.79 Å². The molecule has 0 spiro atoms. The number of hydrogen-bond acceptors (Lipinski definition) is 6. The van der Waals surface area contributed by atoms with Crippen LogP contribution in [0.5, 0.6) is 11.5 Å². The Bertz CT molecular complexity index is 1120. The number of fused-ring (bicyclic) bond motifs is 1. The molecule has 1 fully saturated rings. The van der Waals surface area contributed by atoms with Crippen LogP contribution in [-0.4, -0.2) is 57.8 Å². The number of anilines is 1. The molecule has 0 radical (unpaired) electrons. The number of ether oxygens (including phenoxy) is 2. The molecule has 2 atom stereocenters. The van der Waals surface area contributed by atoms with Gasteiger partial charge in [0.15, 0.2) is 0 Å². The Morgan fingerprint density at radius 3 is 2.61 bits per heavy atom. The van der Waals surface area contributed by atoms with Gasteiger partial charge in [-0.15, -0.1) is 0 Å². The fourth-order valence-electron chi connectivity index (χ4n) is 4.15. The molecule has 1 saturated heterocycles. The molecule has 2 aromatic carbocycles. The molecule has 2 N–H and O–H groups in total. The van der Waals surface area contributed by atoms with Crippen LogP contribution in [0, 0.1) is 5.92 Å². The van der Waals surface area contributed by atoms with Crippen molar-refractivity contribution in [2.75, 3.05) is 45.8 Å². The van der Waals surface area contributed by atoms with Crippen molar-refractivity contribution in [1.82, 2.24) is 15.6 Å². The lowest BCUT2D eigenvalue weighted by Crippen LogP contribution is -2.30. The Kier molecular flexibility index (Phi) is 6.99. The zero-order valence-corrected chi connectivity index (χ0v) is 19.7. The maximum absolute atomic E-state index is 12.2. The molecule has 1 aliphatic rings. The Hall–Kier alpha value is -3.32. The van der Waals surface area contributed by atoms with Gasteiger partial charge in [-0.05, 0) is 62.9 Å². The molecule has 33 heavy (non-hydrogen) atoms. The first kappa shape index (κ1) is 22.9. The third kappa shape index (κ3) is 5.03. The summed E-state index contributed by atoms with van der Waals surface area (Å²) in [7, 11) is 5.28. The van der Waals surface area contributed by atoms with Crippen LogP contribution in [0.4, 0.5) is 5.69 Å². The molecule has 3 aromatic rings. The lowest BCUT2D eigenvalue weighted by Gasteiger charge is -2.22. The summed E-state index contributed by atoms with van der Waals surface area (Å²) in [5.74, 6) is 1.69. The van der Waals surface area contributed by atoms with E-state index in [9.17, 15) is 4.79 Å². The fraction of sp³-hybridized carbons (Fsp3) is 0.385. The van der Waals surface area contributed by atoms with Crippen LogP contribution in [0.25, 0.3) is 22.2 Å². The number of nitrogens with one attached hydrogen (secondary N) is 2. The number of methoxy groups -OCH3 is 1. The summed E-state index contributed by atoms with van der Waals surface area (Å²) in [6, 6.07) is 16.4. The van der Waals surface area contributed by atoms with E-state index in [0.29, 0.717) is 13.2 Å². The van der Waals surface area contributed by atoms with E-state index in [1.54, 1.807) is 14.2 Å². The highest BCUT2D eigenvalue weighted by atomic mass is 16.5. The predicted octanol–water partition coefficient (Wildman–Crippen LogP) is 3.47. The van der Waals surface area contributed by atoms with Gasteiger partial charge < -0.3 is 25.0 Å². The molecular weight excluding hydrogens is 416 g/mol. The molecule has 7 nitrogen and oxygen atoms in total. The average molecular weight is 449 g/mol. The zero-order chi connectivity index (χ0) is 23.4. The van der Waals surface area contributed by atoms with Crippen molar-refractivity contribution in [2.45, 2.75) is 19.4 Å². The van der Waals surface area contributed by atoms with E-state index >= 15 is 0 Å². The van der Waals surface area contributed by atoms with Crippen LogP contribution < -0.4 is 25.0 Å². The minimum Gasteiger partial charge on any atom is -0.497 e. The summed E-state index contributed by atoms with van der Waals surface area (Å²) in [5, 5.41) is 7.01. The number of carbonyl (C=O) groups is 1. The normalized spacial score (nSPS) is 16.6. The first-order valence-corrected chi connectivity index (χ1v) is 11.4. The molecule has 4 rings (SSSR count). The molecule has 174 valence electrons.